The van der Waals surface area contributed by atoms with Gasteiger partial charge in [0.1, 0.15) is 23.3 Å². The summed E-state index contributed by atoms with van der Waals surface area (Å²) < 4.78 is 43.5. The summed E-state index contributed by atoms with van der Waals surface area (Å²) in [6.07, 6.45) is 0. The lowest BCUT2D eigenvalue weighted by Gasteiger charge is -2.35. The number of piperazine rings is 1. The van der Waals surface area contributed by atoms with E-state index >= 15 is 0 Å². The lowest BCUT2D eigenvalue weighted by molar-refractivity contribution is 0.0622. The van der Waals surface area contributed by atoms with E-state index in [1.165, 1.54) is 11.0 Å². The molecule has 4 rings (SSSR count). The summed E-state index contributed by atoms with van der Waals surface area (Å²) in [6, 6.07) is 8.67. The zero-order valence-electron chi connectivity index (χ0n) is 21.8. The highest BCUT2D eigenvalue weighted by atomic mass is 19.1. The van der Waals surface area contributed by atoms with Crippen molar-refractivity contribution in [2.45, 2.75) is 32.7 Å². The average Bonchev–Trinajstić information content (AvgIpc) is 3.21. The van der Waals surface area contributed by atoms with Crippen LogP contribution in [0.1, 0.15) is 42.4 Å². The number of carbonyl (C=O) groups is 2. The molecular formula is C27H31F3N6O2. The Balaban J connectivity index is 1.30. The van der Waals surface area contributed by atoms with E-state index in [0.29, 0.717) is 55.9 Å². The van der Waals surface area contributed by atoms with Crippen molar-refractivity contribution in [2.75, 3.05) is 36.8 Å². The van der Waals surface area contributed by atoms with Gasteiger partial charge < -0.3 is 10.2 Å². The monoisotopic (exact) mass is 528 g/mol. The number of aryl methyl sites for hydroxylation is 1. The van der Waals surface area contributed by atoms with Crippen molar-refractivity contribution in [1.82, 2.24) is 19.6 Å². The van der Waals surface area contributed by atoms with Gasteiger partial charge in [-0.2, -0.15) is 5.10 Å². The maximum absolute atomic E-state index is 14.8. The first-order chi connectivity index (χ1) is 17.9. The second kappa shape index (κ2) is 10.9. The Kier molecular flexibility index (Phi) is 7.77. The van der Waals surface area contributed by atoms with Crippen molar-refractivity contribution in [3.63, 3.8) is 0 Å². The topological polar surface area (TPSA) is 82.5 Å². The molecule has 1 fully saturated rings. The van der Waals surface area contributed by atoms with Crippen LogP contribution in [0.3, 0.4) is 0 Å². The fraction of sp³-hybridized carbons (Fsp3) is 0.370. The van der Waals surface area contributed by atoms with Gasteiger partial charge in [0.15, 0.2) is 0 Å². The molecule has 3 aromatic rings. The van der Waals surface area contributed by atoms with E-state index in [1.54, 1.807) is 29.9 Å². The third-order valence-electron chi connectivity index (χ3n) is 6.42. The second-order valence-electron chi connectivity index (χ2n) is 10.4. The number of rotatable bonds is 5. The molecule has 202 valence electrons. The molecule has 3 amide bonds. The Morgan fingerprint density at radius 3 is 2.24 bits per heavy atom. The molecule has 2 N–H and O–H groups in total. The predicted molar refractivity (Wildman–Crippen MR) is 138 cm³/mol. The van der Waals surface area contributed by atoms with Crippen LogP contribution in [0.15, 0.2) is 42.5 Å². The molecule has 2 heterocycles. The number of aromatic nitrogens is 2. The van der Waals surface area contributed by atoms with Crippen LogP contribution in [0.5, 0.6) is 0 Å². The van der Waals surface area contributed by atoms with Crippen LogP contribution in [-0.2, 0) is 19.0 Å². The first-order valence-electron chi connectivity index (χ1n) is 12.3. The van der Waals surface area contributed by atoms with Crippen LogP contribution in [0.25, 0.3) is 0 Å². The van der Waals surface area contributed by atoms with E-state index in [9.17, 15) is 22.8 Å². The van der Waals surface area contributed by atoms with E-state index < -0.39 is 29.4 Å². The van der Waals surface area contributed by atoms with Crippen LogP contribution in [-0.4, -0.2) is 57.7 Å². The first-order valence-corrected chi connectivity index (χ1v) is 12.3. The van der Waals surface area contributed by atoms with Gasteiger partial charge in [0.2, 0.25) is 0 Å². The van der Waals surface area contributed by atoms with E-state index in [0.717, 1.165) is 17.8 Å². The summed E-state index contributed by atoms with van der Waals surface area (Å²) in [4.78, 5) is 28.5. The molecule has 0 saturated carbocycles. The summed E-state index contributed by atoms with van der Waals surface area (Å²) in [7, 11) is 1.73. The number of anilines is 2. The van der Waals surface area contributed by atoms with Crippen molar-refractivity contribution in [1.29, 1.82) is 0 Å². The number of carbonyl (C=O) groups excluding carboxylic acids is 2. The van der Waals surface area contributed by atoms with Crippen molar-refractivity contribution in [3.8, 4) is 0 Å². The van der Waals surface area contributed by atoms with Crippen molar-refractivity contribution in [3.05, 3.63) is 76.7 Å². The molecule has 38 heavy (non-hydrogen) atoms. The Bertz CT molecular complexity index is 1340. The van der Waals surface area contributed by atoms with Crippen molar-refractivity contribution >= 4 is 23.4 Å². The smallest absolute Gasteiger partial charge is 0.324 e. The quantitative estimate of drug-likeness (QED) is 0.502. The number of nitrogens with zero attached hydrogens (tertiary/aromatic N) is 4. The van der Waals surface area contributed by atoms with E-state index in [4.69, 9.17) is 0 Å². The van der Waals surface area contributed by atoms with Gasteiger partial charge in [-0.3, -0.25) is 19.7 Å². The fourth-order valence-electron chi connectivity index (χ4n) is 4.17. The molecule has 0 atom stereocenters. The van der Waals surface area contributed by atoms with Gasteiger partial charge in [0, 0.05) is 68.6 Å². The molecule has 0 unspecified atom stereocenters. The largest absolute Gasteiger partial charge is 0.336 e. The van der Waals surface area contributed by atoms with Gasteiger partial charge in [-0.1, -0.05) is 26.8 Å². The van der Waals surface area contributed by atoms with Crippen LogP contribution in [0, 0.1) is 17.5 Å². The summed E-state index contributed by atoms with van der Waals surface area (Å²) >= 11 is 0. The summed E-state index contributed by atoms with van der Waals surface area (Å²) in [5.41, 5.74) is 1.24. The number of benzene rings is 2. The lowest BCUT2D eigenvalue weighted by atomic mass is 9.92. The van der Waals surface area contributed by atoms with Gasteiger partial charge in [-0.15, -0.1) is 0 Å². The Labute approximate surface area is 219 Å². The zero-order valence-corrected chi connectivity index (χ0v) is 21.8. The number of halogens is 3. The normalized spacial score (nSPS) is 14.4. The Morgan fingerprint density at radius 2 is 1.63 bits per heavy atom. The lowest BCUT2D eigenvalue weighted by Crippen LogP contribution is -2.48. The molecule has 1 aliphatic rings. The van der Waals surface area contributed by atoms with Crippen LogP contribution >= 0.6 is 0 Å². The molecule has 1 aromatic heterocycles. The molecule has 8 nitrogen and oxygen atoms in total. The van der Waals surface area contributed by atoms with Crippen LogP contribution in [0.4, 0.5) is 29.5 Å². The fourth-order valence-corrected chi connectivity index (χ4v) is 4.17. The van der Waals surface area contributed by atoms with Gasteiger partial charge in [-0.05, 0) is 24.3 Å². The molecule has 0 radical (unpaired) electrons. The zero-order chi connectivity index (χ0) is 27.6. The van der Waals surface area contributed by atoms with Gasteiger partial charge in [-0.25, -0.2) is 18.0 Å². The molecule has 0 spiro atoms. The summed E-state index contributed by atoms with van der Waals surface area (Å²) in [5, 5.41) is 9.78. The maximum Gasteiger partial charge on any atom is 0.324 e. The standard InChI is InChI=1S/C27H31F3N6O2/c1-27(2,3)23-15-24(34(4)33-23)32-26(38)31-19-7-5-17(21(29)14-19)16-35-9-11-36(12-10-35)25(37)20-8-6-18(28)13-22(20)30/h5-8,13-15H,9-12,16H2,1-4H3,(H2,31,32,38). The maximum atomic E-state index is 14.8. The summed E-state index contributed by atoms with van der Waals surface area (Å²) in [5.74, 6) is -2.08. The summed E-state index contributed by atoms with van der Waals surface area (Å²) in [6.45, 7) is 8.00. The predicted octanol–water partition coefficient (Wildman–Crippen LogP) is 4.74. The van der Waals surface area contributed by atoms with Gasteiger partial charge >= 0.3 is 6.03 Å². The third-order valence-corrected chi connectivity index (χ3v) is 6.42. The highest BCUT2D eigenvalue weighted by molar-refractivity contribution is 5.99. The number of hydrogen-bond acceptors (Lipinski definition) is 4. The SMILES string of the molecule is Cn1nc(C(C)(C)C)cc1NC(=O)Nc1ccc(CN2CCN(C(=O)c3ccc(F)cc3F)CC2)c(F)c1. The van der Waals surface area contributed by atoms with Crippen LogP contribution in [0.2, 0.25) is 0 Å². The van der Waals surface area contributed by atoms with Gasteiger partial charge in [0.25, 0.3) is 5.91 Å². The first kappa shape index (κ1) is 27.2. The minimum atomic E-state index is -0.892. The molecule has 1 aliphatic heterocycles. The van der Waals surface area contributed by atoms with E-state index in [2.05, 4.69) is 15.7 Å². The highest BCUT2D eigenvalue weighted by Gasteiger charge is 2.25. The molecule has 2 aromatic carbocycles. The number of urea groups is 1. The Hall–Kier alpha value is -3.86. The molecule has 1 saturated heterocycles. The van der Waals surface area contributed by atoms with Gasteiger partial charge in [0.05, 0.1) is 11.3 Å². The van der Waals surface area contributed by atoms with Crippen molar-refractivity contribution in [2.24, 2.45) is 7.05 Å². The second-order valence-corrected chi connectivity index (χ2v) is 10.4. The molecule has 11 heteroatoms. The number of hydrogen-bond donors (Lipinski definition) is 2. The minimum absolute atomic E-state index is 0.170. The Morgan fingerprint density at radius 1 is 0.921 bits per heavy atom. The number of nitrogens with one attached hydrogen (secondary N) is 2. The van der Waals surface area contributed by atoms with Crippen molar-refractivity contribution < 1.29 is 22.8 Å². The molecular weight excluding hydrogens is 497 g/mol. The average molecular weight is 529 g/mol. The van der Waals surface area contributed by atoms with E-state index in [1.807, 2.05) is 25.7 Å². The third kappa shape index (κ3) is 6.34. The molecule has 0 bridgehead atoms. The van der Waals surface area contributed by atoms with E-state index in [-0.39, 0.29) is 11.0 Å². The minimum Gasteiger partial charge on any atom is -0.336 e. The highest BCUT2D eigenvalue weighted by Crippen LogP contribution is 2.24. The van der Waals surface area contributed by atoms with Crippen LogP contribution < -0.4 is 10.6 Å². The molecule has 0 aliphatic carbocycles. The number of amides is 3.